The van der Waals surface area contributed by atoms with Gasteiger partial charge in [0, 0.05) is 13.2 Å². The van der Waals surface area contributed by atoms with Crippen LogP contribution in [0, 0.1) is 6.92 Å². The molecule has 1 saturated carbocycles. The first-order valence-electron chi connectivity index (χ1n) is 6.74. The molecule has 7 heteroatoms. The van der Waals surface area contributed by atoms with Gasteiger partial charge in [-0.2, -0.15) is 0 Å². The first kappa shape index (κ1) is 15.9. The monoisotopic (exact) mass is 313 g/mol. The third kappa shape index (κ3) is 3.42. The molecule has 0 spiro atoms. The average Bonchev–Trinajstić information content (AvgIpc) is 2.85. The smallest absolute Gasteiger partial charge is 0.335 e. The fourth-order valence-electron chi connectivity index (χ4n) is 2.61. The lowest BCUT2D eigenvalue weighted by molar-refractivity contribution is 0.0696. The maximum absolute atomic E-state index is 12.4. The zero-order valence-corrected chi connectivity index (χ0v) is 12.8. The van der Waals surface area contributed by atoms with Crippen LogP contribution in [0.1, 0.15) is 35.2 Å². The summed E-state index contributed by atoms with van der Waals surface area (Å²) in [5.74, 6) is -1.14. The number of methoxy groups -OCH3 is 1. The molecule has 1 aliphatic rings. The van der Waals surface area contributed by atoms with Gasteiger partial charge >= 0.3 is 5.97 Å². The van der Waals surface area contributed by atoms with Crippen LogP contribution in [0.25, 0.3) is 0 Å². The molecule has 0 amide bonds. The van der Waals surface area contributed by atoms with E-state index < -0.39 is 16.0 Å². The quantitative estimate of drug-likeness (QED) is 0.860. The van der Waals surface area contributed by atoms with Gasteiger partial charge in [-0.05, 0) is 43.9 Å². The molecular formula is C14H19NO5S. The van der Waals surface area contributed by atoms with Crippen molar-refractivity contribution in [2.45, 2.75) is 43.2 Å². The largest absolute Gasteiger partial charge is 0.478 e. The van der Waals surface area contributed by atoms with Gasteiger partial charge in [-0.3, -0.25) is 0 Å². The van der Waals surface area contributed by atoms with Crippen LogP contribution < -0.4 is 4.72 Å². The topological polar surface area (TPSA) is 92.7 Å². The fraction of sp³-hybridized carbons (Fsp3) is 0.500. The van der Waals surface area contributed by atoms with Gasteiger partial charge in [0.15, 0.2) is 0 Å². The van der Waals surface area contributed by atoms with Crippen molar-refractivity contribution in [1.82, 2.24) is 4.72 Å². The number of aryl methyl sites for hydroxylation is 1. The summed E-state index contributed by atoms with van der Waals surface area (Å²) < 4.78 is 32.6. The Morgan fingerprint density at radius 2 is 2.10 bits per heavy atom. The van der Waals surface area contributed by atoms with Crippen molar-refractivity contribution in [3.63, 3.8) is 0 Å². The lowest BCUT2D eigenvalue weighted by Crippen LogP contribution is -2.40. The molecule has 21 heavy (non-hydrogen) atoms. The van der Waals surface area contributed by atoms with Crippen LogP contribution in [0.2, 0.25) is 0 Å². The molecule has 2 atom stereocenters. The Bertz CT molecular complexity index is 641. The second-order valence-electron chi connectivity index (χ2n) is 5.21. The first-order valence-corrected chi connectivity index (χ1v) is 8.22. The van der Waals surface area contributed by atoms with Gasteiger partial charge in [0.05, 0.1) is 16.6 Å². The fourth-order valence-corrected chi connectivity index (χ4v) is 3.93. The highest BCUT2D eigenvalue weighted by atomic mass is 32.2. The predicted molar refractivity (Wildman–Crippen MR) is 76.9 cm³/mol. The summed E-state index contributed by atoms with van der Waals surface area (Å²) in [6.07, 6.45) is 2.30. The van der Waals surface area contributed by atoms with E-state index in [0.29, 0.717) is 5.56 Å². The Morgan fingerprint density at radius 3 is 2.71 bits per heavy atom. The molecular weight excluding hydrogens is 294 g/mol. The molecule has 1 fully saturated rings. The van der Waals surface area contributed by atoms with Crippen molar-refractivity contribution < 1.29 is 23.1 Å². The molecule has 1 aromatic rings. The first-order chi connectivity index (χ1) is 9.85. The third-order valence-corrected chi connectivity index (χ3v) is 5.30. The molecule has 0 bridgehead atoms. The number of carboxylic acids is 1. The number of ether oxygens (including phenoxy) is 1. The van der Waals surface area contributed by atoms with Gasteiger partial charge in [-0.25, -0.2) is 17.9 Å². The molecule has 2 unspecified atom stereocenters. The van der Waals surface area contributed by atoms with E-state index in [0.717, 1.165) is 19.3 Å². The number of carboxylic acid groups (broad SMARTS) is 1. The third-order valence-electron chi connectivity index (χ3n) is 3.81. The van der Waals surface area contributed by atoms with Crippen LogP contribution in [0.15, 0.2) is 23.1 Å². The van der Waals surface area contributed by atoms with Gasteiger partial charge in [0.2, 0.25) is 10.0 Å². The molecule has 2 N–H and O–H groups in total. The summed E-state index contributed by atoms with van der Waals surface area (Å²) in [5.41, 5.74) is 0.518. The Kier molecular flexibility index (Phi) is 4.65. The van der Waals surface area contributed by atoms with Gasteiger partial charge in [-0.15, -0.1) is 0 Å². The molecule has 0 saturated heterocycles. The van der Waals surface area contributed by atoms with Crippen molar-refractivity contribution in [3.8, 4) is 0 Å². The van der Waals surface area contributed by atoms with Gasteiger partial charge < -0.3 is 9.84 Å². The summed E-state index contributed by atoms with van der Waals surface area (Å²) in [6, 6.07) is 3.84. The summed E-state index contributed by atoms with van der Waals surface area (Å²) in [6.45, 7) is 1.63. The Balaban J connectivity index is 2.27. The highest BCUT2D eigenvalue weighted by Gasteiger charge is 2.31. The van der Waals surface area contributed by atoms with Crippen molar-refractivity contribution in [3.05, 3.63) is 29.3 Å². The van der Waals surface area contributed by atoms with Crippen LogP contribution in [0.5, 0.6) is 0 Å². The molecule has 0 heterocycles. The van der Waals surface area contributed by atoms with E-state index in [1.807, 2.05) is 0 Å². The second kappa shape index (κ2) is 6.13. The number of benzene rings is 1. The summed E-state index contributed by atoms with van der Waals surface area (Å²) >= 11 is 0. The van der Waals surface area contributed by atoms with Crippen LogP contribution in [0.3, 0.4) is 0 Å². The standard InChI is InChI=1S/C14H19NO5S/c1-9-6-7-10(8-11(9)14(16)17)21(18,19)15-12-4-3-5-13(12)20-2/h6-8,12-13,15H,3-5H2,1-2H3,(H,16,17). The minimum Gasteiger partial charge on any atom is -0.478 e. The van der Waals surface area contributed by atoms with Crippen LogP contribution in [-0.2, 0) is 14.8 Å². The van der Waals surface area contributed by atoms with E-state index in [4.69, 9.17) is 9.84 Å². The van der Waals surface area contributed by atoms with E-state index >= 15 is 0 Å². The van der Waals surface area contributed by atoms with Gasteiger partial charge in [0.25, 0.3) is 0 Å². The number of hydrogen-bond acceptors (Lipinski definition) is 4. The van der Waals surface area contributed by atoms with E-state index in [1.54, 1.807) is 14.0 Å². The molecule has 6 nitrogen and oxygen atoms in total. The molecule has 0 aromatic heterocycles. The minimum absolute atomic E-state index is 0.00686. The molecule has 1 aliphatic carbocycles. The van der Waals surface area contributed by atoms with Gasteiger partial charge in [0.1, 0.15) is 0 Å². The second-order valence-corrected chi connectivity index (χ2v) is 6.93. The summed E-state index contributed by atoms with van der Waals surface area (Å²) in [7, 11) is -2.19. The minimum atomic E-state index is -3.75. The highest BCUT2D eigenvalue weighted by molar-refractivity contribution is 7.89. The SMILES string of the molecule is COC1CCCC1NS(=O)(=O)c1ccc(C)c(C(=O)O)c1. The van der Waals surface area contributed by atoms with E-state index in [9.17, 15) is 13.2 Å². The van der Waals surface area contributed by atoms with E-state index in [1.165, 1.54) is 18.2 Å². The number of aromatic carboxylic acids is 1. The Hall–Kier alpha value is -1.44. The molecule has 0 radical (unpaired) electrons. The maximum atomic E-state index is 12.4. The van der Waals surface area contributed by atoms with E-state index in [2.05, 4.69) is 4.72 Å². The Morgan fingerprint density at radius 1 is 1.38 bits per heavy atom. The van der Waals surface area contributed by atoms with Crippen LogP contribution >= 0.6 is 0 Å². The van der Waals surface area contributed by atoms with E-state index in [-0.39, 0.29) is 22.6 Å². The lowest BCUT2D eigenvalue weighted by atomic mass is 10.1. The molecule has 2 rings (SSSR count). The number of rotatable bonds is 5. The van der Waals surface area contributed by atoms with Crippen molar-refractivity contribution in [2.75, 3.05) is 7.11 Å². The zero-order valence-electron chi connectivity index (χ0n) is 12.0. The number of hydrogen-bond donors (Lipinski definition) is 2. The molecule has 1 aromatic carbocycles. The van der Waals surface area contributed by atoms with Crippen molar-refractivity contribution in [1.29, 1.82) is 0 Å². The summed E-state index contributed by atoms with van der Waals surface area (Å²) in [5, 5.41) is 9.08. The van der Waals surface area contributed by atoms with Crippen LogP contribution in [0.4, 0.5) is 0 Å². The highest BCUT2D eigenvalue weighted by Crippen LogP contribution is 2.24. The lowest BCUT2D eigenvalue weighted by Gasteiger charge is -2.19. The van der Waals surface area contributed by atoms with Crippen LogP contribution in [-0.4, -0.2) is 38.7 Å². The van der Waals surface area contributed by atoms with Crippen molar-refractivity contribution in [2.24, 2.45) is 0 Å². The number of sulfonamides is 1. The zero-order chi connectivity index (χ0) is 15.6. The van der Waals surface area contributed by atoms with Crippen molar-refractivity contribution >= 4 is 16.0 Å². The summed E-state index contributed by atoms with van der Waals surface area (Å²) in [4.78, 5) is 11.1. The average molecular weight is 313 g/mol. The molecule has 0 aliphatic heterocycles. The molecule has 116 valence electrons. The maximum Gasteiger partial charge on any atom is 0.335 e. The normalized spacial score (nSPS) is 22.4. The number of carbonyl (C=O) groups is 1. The van der Waals surface area contributed by atoms with Gasteiger partial charge in [-0.1, -0.05) is 6.07 Å². The predicted octanol–water partition coefficient (Wildman–Crippen LogP) is 1.54. The number of nitrogens with one attached hydrogen (secondary N) is 1. The Labute approximate surface area is 124 Å².